The molecule has 1 atom stereocenters. The molecule has 0 amide bonds. The quantitative estimate of drug-likeness (QED) is 0.744. The number of hydrogen-bond acceptors (Lipinski definition) is 2. The molecule has 19 heavy (non-hydrogen) atoms. The van der Waals surface area contributed by atoms with Crippen molar-refractivity contribution in [2.24, 2.45) is 0 Å². The van der Waals surface area contributed by atoms with Crippen molar-refractivity contribution >= 4 is 17.6 Å². The Morgan fingerprint density at radius 2 is 1.84 bits per heavy atom. The van der Waals surface area contributed by atoms with E-state index >= 15 is 0 Å². The molecular formula is C14H11F3OS. The third-order valence-corrected chi connectivity index (χ3v) is 4.13. The van der Waals surface area contributed by atoms with Crippen LogP contribution >= 0.6 is 11.3 Å². The number of rotatable bonds is 3. The summed E-state index contributed by atoms with van der Waals surface area (Å²) in [5.41, 5.74) is 0.650. The summed E-state index contributed by atoms with van der Waals surface area (Å²) in [6, 6.07) is 9.85. The van der Waals surface area contributed by atoms with Gasteiger partial charge in [0.25, 0.3) is 0 Å². The van der Waals surface area contributed by atoms with Gasteiger partial charge in [0, 0.05) is 16.4 Å². The van der Waals surface area contributed by atoms with Gasteiger partial charge < -0.3 is 4.79 Å². The van der Waals surface area contributed by atoms with Crippen molar-refractivity contribution in [2.75, 3.05) is 0 Å². The molecule has 0 aliphatic rings. The normalized spacial score (nSPS) is 13.3. The number of hydrogen-bond donors (Lipinski definition) is 0. The number of carbonyl (C=O) groups is 1. The van der Waals surface area contributed by atoms with E-state index in [1.807, 2.05) is 0 Å². The maximum Gasteiger partial charge on any atom is 0.426 e. The number of aldehydes is 1. The molecule has 0 aliphatic carbocycles. The number of halogens is 3. The van der Waals surface area contributed by atoms with Crippen molar-refractivity contribution in [2.45, 2.75) is 19.0 Å². The molecule has 0 fully saturated rings. The summed E-state index contributed by atoms with van der Waals surface area (Å²) in [5.74, 6) is -0.524. The average Bonchev–Trinajstić information content (AvgIpc) is 2.84. The Morgan fingerprint density at radius 3 is 2.37 bits per heavy atom. The van der Waals surface area contributed by atoms with Gasteiger partial charge in [-0.15, -0.1) is 11.3 Å². The molecule has 0 saturated heterocycles. The van der Waals surface area contributed by atoms with Gasteiger partial charge >= 0.3 is 6.18 Å². The minimum absolute atomic E-state index is 0.141. The summed E-state index contributed by atoms with van der Waals surface area (Å²) < 4.78 is 39.1. The fourth-order valence-electron chi connectivity index (χ4n) is 1.74. The summed E-state index contributed by atoms with van der Waals surface area (Å²) in [7, 11) is 0. The van der Waals surface area contributed by atoms with Crippen LogP contribution in [-0.4, -0.2) is 6.29 Å². The predicted octanol–water partition coefficient (Wildman–Crippen LogP) is 4.74. The second-order valence-electron chi connectivity index (χ2n) is 4.18. The summed E-state index contributed by atoms with van der Waals surface area (Å²) >= 11 is 0.638. The number of benzene rings is 1. The smallest absolute Gasteiger partial charge is 0.303 e. The lowest BCUT2D eigenvalue weighted by Crippen LogP contribution is -2.03. The van der Waals surface area contributed by atoms with E-state index in [4.69, 9.17) is 0 Å². The van der Waals surface area contributed by atoms with Crippen LogP contribution in [0.25, 0.3) is 11.1 Å². The summed E-state index contributed by atoms with van der Waals surface area (Å²) in [5, 5.41) is 0. The first kappa shape index (κ1) is 13.8. The summed E-state index contributed by atoms with van der Waals surface area (Å²) in [4.78, 5) is 10.5. The van der Waals surface area contributed by atoms with Gasteiger partial charge in [-0.3, -0.25) is 0 Å². The monoisotopic (exact) mass is 284 g/mol. The Hall–Kier alpha value is -1.62. The van der Waals surface area contributed by atoms with E-state index < -0.39 is 17.0 Å². The SMILES string of the molecule is CC(C=O)c1cc(-c2ccccc2)c(C(F)(F)F)s1. The molecule has 0 aliphatic heterocycles. The van der Waals surface area contributed by atoms with Gasteiger partial charge in [0.05, 0.1) is 0 Å². The largest absolute Gasteiger partial charge is 0.426 e. The molecule has 1 nitrogen and oxygen atoms in total. The Labute approximate surface area is 112 Å². The molecule has 5 heteroatoms. The fourth-order valence-corrected chi connectivity index (χ4v) is 2.80. The van der Waals surface area contributed by atoms with Crippen LogP contribution in [0.15, 0.2) is 36.4 Å². The van der Waals surface area contributed by atoms with Crippen molar-refractivity contribution < 1.29 is 18.0 Å². The van der Waals surface area contributed by atoms with Crippen LogP contribution in [0.4, 0.5) is 13.2 Å². The molecular weight excluding hydrogens is 273 g/mol. The van der Waals surface area contributed by atoms with Crippen LogP contribution in [0.2, 0.25) is 0 Å². The zero-order valence-electron chi connectivity index (χ0n) is 10.1. The molecule has 0 bridgehead atoms. The maximum absolute atomic E-state index is 13.0. The van der Waals surface area contributed by atoms with Crippen LogP contribution < -0.4 is 0 Å². The second kappa shape index (κ2) is 5.17. The Bertz CT molecular complexity index is 572. The van der Waals surface area contributed by atoms with E-state index in [9.17, 15) is 18.0 Å². The van der Waals surface area contributed by atoms with Gasteiger partial charge in [0.2, 0.25) is 0 Å². The topological polar surface area (TPSA) is 17.1 Å². The summed E-state index contributed by atoms with van der Waals surface area (Å²) in [6.45, 7) is 1.59. The molecule has 0 radical (unpaired) electrons. The molecule has 1 unspecified atom stereocenters. The van der Waals surface area contributed by atoms with Gasteiger partial charge in [0.1, 0.15) is 11.2 Å². The minimum Gasteiger partial charge on any atom is -0.303 e. The maximum atomic E-state index is 13.0. The van der Waals surface area contributed by atoms with Gasteiger partial charge in [-0.05, 0) is 11.6 Å². The Kier molecular flexibility index (Phi) is 3.75. The van der Waals surface area contributed by atoms with Gasteiger partial charge in [-0.2, -0.15) is 13.2 Å². The fraction of sp³-hybridized carbons (Fsp3) is 0.214. The predicted molar refractivity (Wildman–Crippen MR) is 69.2 cm³/mol. The lowest BCUT2D eigenvalue weighted by molar-refractivity contribution is -0.133. The molecule has 0 saturated carbocycles. The lowest BCUT2D eigenvalue weighted by atomic mass is 10.0. The van der Waals surface area contributed by atoms with E-state index in [2.05, 4.69) is 0 Å². The van der Waals surface area contributed by atoms with Crippen molar-refractivity contribution in [3.8, 4) is 11.1 Å². The van der Waals surface area contributed by atoms with E-state index in [0.29, 0.717) is 28.1 Å². The van der Waals surface area contributed by atoms with Gasteiger partial charge in [-0.1, -0.05) is 37.3 Å². The van der Waals surface area contributed by atoms with Gasteiger partial charge in [0.15, 0.2) is 0 Å². The van der Waals surface area contributed by atoms with Crippen molar-refractivity contribution in [3.05, 3.63) is 46.2 Å². The lowest BCUT2D eigenvalue weighted by Gasteiger charge is -2.07. The van der Waals surface area contributed by atoms with Gasteiger partial charge in [-0.25, -0.2) is 0 Å². The molecule has 2 rings (SSSR count). The first-order valence-corrected chi connectivity index (χ1v) is 6.46. The van der Waals surface area contributed by atoms with E-state index in [-0.39, 0.29) is 5.56 Å². The third-order valence-electron chi connectivity index (χ3n) is 2.75. The van der Waals surface area contributed by atoms with E-state index in [1.54, 1.807) is 37.3 Å². The Morgan fingerprint density at radius 1 is 1.21 bits per heavy atom. The van der Waals surface area contributed by atoms with Crippen LogP contribution in [0.3, 0.4) is 0 Å². The summed E-state index contributed by atoms with van der Waals surface area (Å²) in [6.07, 6.45) is -3.75. The highest BCUT2D eigenvalue weighted by molar-refractivity contribution is 7.12. The highest BCUT2D eigenvalue weighted by Crippen LogP contribution is 2.44. The third kappa shape index (κ3) is 2.87. The number of alkyl halides is 3. The van der Waals surface area contributed by atoms with Crippen LogP contribution in [0.1, 0.15) is 22.6 Å². The average molecular weight is 284 g/mol. The molecule has 0 spiro atoms. The minimum atomic E-state index is -4.41. The molecule has 1 aromatic heterocycles. The first-order valence-electron chi connectivity index (χ1n) is 5.65. The van der Waals surface area contributed by atoms with Crippen molar-refractivity contribution in [3.63, 3.8) is 0 Å². The Balaban J connectivity index is 2.59. The van der Waals surface area contributed by atoms with E-state index in [0.717, 1.165) is 0 Å². The molecule has 0 N–H and O–H groups in total. The van der Waals surface area contributed by atoms with E-state index in [1.165, 1.54) is 6.07 Å². The standard InChI is InChI=1S/C14H11F3OS/c1-9(8-18)12-7-11(10-5-3-2-4-6-10)13(19-12)14(15,16)17/h2-9H,1H3. The zero-order valence-corrected chi connectivity index (χ0v) is 10.9. The number of carbonyl (C=O) groups excluding carboxylic acids is 1. The van der Waals surface area contributed by atoms with Crippen molar-refractivity contribution in [1.82, 2.24) is 0 Å². The van der Waals surface area contributed by atoms with Crippen LogP contribution in [-0.2, 0) is 11.0 Å². The molecule has 1 heterocycles. The molecule has 1 aromatic carbocycles. The number of thiophene rings is 1. The highest BCUT2D eigenvalue weighted by Gasteiger charge is 2.36. The highest BCUT2D eigenvalue weighted by atomic mass is 32.1. The van der Waals surface area contributed by atoms with Crippen LogP contribution in [0.5, 0.6) is 0 Å². The first-order chi connectivity index (χ1) is 8.93. The van der Waals surface area contributed by atoms with Crippen molar-refractivity contribution in [1.29, 1.82) is 0 Å². The van der Waals surface area contributed by atoms with Crippen LogP contribution in [0, 0.1) is 0 Å². The second-order valence-corrected chi connectivity index (χ2v) is 5.26. The molecule has 2 aromatic rings. The zero-order chi connectivity index (χ0) is 14.0. The molecule has 100 valence electrons.